The summed E-state index contributed by atoms with van der Waals surface area (Å²) in [6.45, 7) is 0. The summed E-state index contributed by atoms with van der Waals surface area (Å²) in [5, 5.41) is 0. The fraction of sp³-hybridized carbons (Fsp3) is 0.250. The first-order valence-electron chi connectivity index (χ1n) is 5.30. The van der Waals surface area contributed by atoms with E-state index in [4.69, 9.17) is 10.5 Å². The van der Waals surface area contributed by atoms with Crippen molar-refractivity contribution in [2.24, 2.45) is 5.73 Å². The van der Waals surface area contributed by atoms with Crippen LogP contribution in [0.15, 0.2) is 36.9 Å². The molecule has 0 amide bonds. The lowest BCUT2D eigenvalue weighted by Gasteiger charge is -2.13. The summed E-state index contributed by atoms with van der Waals surface area (Å²) in [5.41, 5.74) is 7.88. The third-order valence-electron chi connectivity index (χ3n) is 2.44. The van der Waals surface area contributed by atoms with Gasteiger partial charge >= 0.3 is 0 Å². The number of pyridine rings is 1. The van der Waals surface area contributed by atoms with Gasteiger partial charge in [-0.1, -0.05) is 0 Å². The van der Waals surface area contributed by atoms with Crippen molar-refractivity contribution < 1.29 is 4.74 Å². The molecule has 1 unspecified atom stereocenters. The van der Waals surface area contributed by atoms with Crippen LogP contribution in [0, 0.1) is 0 Å². The molecule has 0 radical (unpaired) electrons. The smallest absolute Gasteiger partial charge is 0.236 e. The predicted molar refractivity (Wildman–Crippen MR) is 63.5 cm³/mol. The van der Waals surface area contributed by atoms with Crippen LogP contribution >= 0.6 is 0 Å². The first-order valence-corrected chi connectivity index (χ1v) is 5.30. The second-order valence-corrected chi connectivity index (χ2v) is 3.62. The van der Waals surface area contributed by atoms with Gasteiger partial charge in [-0.05, 0) is 24.1 Å². The van der Waals surface area contributed by atoms with Gasteiger partial charge in [0.05, 0.1) is 13.2 Å². The number of aromatic nitrogens is 3. The maximum atomic E-state index is 6.10. The third kappa shape index (κ3) is 2.76. The van der Waals surface area contributed by atoms with Crippen molar-refractivity contribution in [2.75, 3.05) is 7.11 Å². The largest absolute Gasteiger partial charge is 0.480 e. The highest BCUT2D eigenvalue weighted by Gasteiger charge is 2.14. The van der Waals surface area contributed by atoms with E-state index >= 15 is 0 Å². The fourth-order valence-electron chi connectivity index (χ4n) is 1.62. The van der Waals surface area contributed by atoms with Crippen LogP contribution in [0.2, 0.25) is 0 Å². The van der Waals surface area contributed by atoms with Crippen molar-refractivity contribution in [2.45, 2.75) is 12.5 Å². The second kappa shape index (κ2) is 5.36. The van der Waals surface area contributed by atoms with Gasteiger partial charge in [-0.3, -0.25) is 9.97 Å². The van der Waals surface area contributed by atoms with E-state index in [1.54, 1.807) is 31.9 Å². The lowest BCUT2D eigenvalue weighted by Crippen LogP contribution is -2.16. The molecule has 2 N–H and O–H groups in total. The lowest BCUT2D eigenvalue weighted by atomic mass is 10.1. The Kier molecular flexibility index (Phi) is 3.62. The van der Waals surface area contributed by atoms with Crippen molar-refractivity contribution >= 4 is 0 Å². The van der Waals surface area contributed by atoms with E-state index in [1.165, 1.54) is 0 Å². The number of hydrogen-bond donors (Lipinski definition) is 1. The van der Waals surface area contributed by atoms with Crippen LogP contribution < -0.4 is 10.5 Å². The highest BCUT2D eigenvalue weighted by molar-refractivity contribution is 5.23. The van der Waals surface area contributed by atoms with Crippen LogP contribution in [0.5, 0.6) is 5.88 Å². The van der Waals surface area contributed by atoms with E-state index in [1.807, 2.05) is 12.1 Å². The number of nitrogens with zero attached hydrogens (tertiary/aromatic N) is 3. The standard InChI is InChI=1S/C12H14N4O/c1-17-12-11(15-6-7-16-12)10(13)8-9-2-4-14-5-3-9/h2-7,10H,8,13H2,1H3. The zero-order valence-electron chi connectivity index (χ0n) is 9.58. The molecule has 2 aromatic heterocycles. The second-order valence-electron chi connectivity index (χ2n) is 3.62. The van der Waals surface area contributed by atoms with Gasteiger partial charge in [-0.2, -0.15) is 0 Å². The predicted octanol–water partition coefficient (Wildman–Crippen LogP) is 1.12. The van der Waals surface area contributed by atoms with Gasteiger partial charge in [-0.25, -0.2) is 4.98 Å². The summed E-state index contributed by atoms with van der Waals surface area (Å²) in [7, 11) is 1.56. The Balaban J connectivity index is 2.17. The Hall–Kier alpha value is -2.01. The Labute approximate surface area is 99.7 Å². The molecule has 2 heterocycles. The maximum absolute atomic E-state index is 6.10. The minimum Gasteiger partial charge on any atom is -0.480 e. The average molecular weight is 230 g/mol. The number of ether oxygens (including phenoxy) is 1. The van der Waals surface area contributed by atoms with E-state index in [2.05, 4.69) is 15.0 Å². The molecular weight excluding hydrogens is 216 g/mol. The first-order chi connectivity index (χ1) is 8.31. The minimum absolute atomic E-state index is 0.235. The number of methoxy groups -OCH3 is 1. The summed E-state index contributed by atoms with van der Waals surface area (Å²) < 4.78 is 5.14. The van der Waals surface area contributed by atoms with Gasteiger partial charge in [0.15, 0.2) is 0 Å². The maximum Gasteiger partial charge on any atom is 0.236 e. The number of hydrogen-bond acceptors (Lipinski definition) is 5. The monoisotopic (exact) mass is 230 g/mol. The van der Waals surface area contributed by atoms with Gasteiger partial charge in [0.2, 0.25) is 5.88 Å². The minimum atomic E-state index is -0.235. The molecule has 2 rings (SSSR count). The lowest BCUT2D eigenvalue weighted by molar-refractivity contribution is 0.384. The number of nitrogens with two attached hydrogens (primary N) is 1. The Morgan fingerprint density at radius 2 is 1.88 bits per heavy atom. The van der Waals surface area contributed by atoms with Crippen molar-refractivity contribution in [3.8, 4) is 5.88 Å². The first kappa shape index (κ1) is 11.5. The third-order valence-corrected chi connectivity index (χ3v) is 2.44. The molecule has 1 atom stereocenters. The fourth-order valence-corrected chi connectivity index (χ4v) is 1.62. The molecule has 0 aliphatic carbocycles. The molecule has 5 heteroatoms. The van der Waals surface area contributed by atoms with Gasteiger partial charge < -0.3 is 10.5 Å². The van der Waals surface area contributed by atoms with Gasteiger partial charge in [0.25, 0.3) is 0 Å². The molecular formula is C12H14N4O. The molecule has 5 nitrogen and oxygen atoms in total. The van der Waals surface area contributed by atoms with Crippen molar-refractivity contribution in [3.05, 3.63) is 48.2 Å². The molecule has 0 saturated heterocycles. The van der Waals surface area contributed by atoms with E-state index in [9.17, 15) is 0 Å². The van der Waals surface area contributed by atoms with Crippen molar-refractivity contribution in [1.82, 2.24) is 15.0 Å². The Morgan fingerprint density at radius 1 is 1.18 bits per heavy atom. The van der Waals surface area contributed by atoms with Gasteiger partial charge in [-0.15, -0.1) is 0 Å². The summed E-state index contributed by atoms with van der Waals surface area (Å²) in [6.07, 6.45) is 7.37. The Bertz CT molecular complexity index is 475. The highest BCUT2D eigenvalue weighted by atomic mass is 16.5. The van der Waals surface area contributed by atoms with Gasteiger partial charge in [0, 0.05) is 24.8 Å². The van der Waals surface area contributed by atoms with E-state index in [0.29, 0.717) is 18.0 Å². The highest BCUT2D eigenvalue weighted by Crippen LogP contribution is 2.20. The molecule has 0 aliphatic rings. The molecule has 0 bridgehead atoms. The number of rotatable bonds is 4. The summed E-state index contributed by atoms with van der Waals surface area (Å²) in [5.74, 6) is 0.481. The summed E-state index contributed by atoms with van der Waals surface area (Å²) in [4.78, 5) is 12.3. The molecule has 0 aliphatic heterocycles. The van der Waals surface area contributed by atoms with Crippen LogP contribution in [0.1, 0.15) is 17.3 Å². The molecule has 0 saturated carbocycles. The summed E-state index contributed by atoms with van der Waals surface area (Å²) in [6, 6.07) is 3.63. The van der Waals surface area contributed by atoms with E-state index in [0.717, 1.165) is 5.56 Å². The zero-order valence-corrected chi connectivity index (χ0v) is 9.58. The normalized spacial score (nSPS) is 12.1. The van der Waals surface area contributed by atoms with Crippen molar-refractivity contribution in [1.29, 1.82) is 0 Å². The summed E-state index contributed by atoms with van der Waals surface area (Å²) >= 11 is 0. The molecule has 0 fully saturated rings. The van der Waals surface area contributed by atoms with Crippen LogP contribution in [0.4, 0.5) is 0 Å². The Morgan fingerprint density at radius 3 is 2.59 bits per heavy atom. The average Bonchev–Trinajstić information content (AvgIpc) is 2.40. The van der Waals surface area contributed by atoms with Crippen LogP contribution in [0.25, 0.3) is 0 Å². The molecule has 2 aromatic rings. The topological polar surface area (TPSA) is 73.9 Å². The van der Waals surface area contributed by atoms with E-state index < -0.39 is 0 Å². The SMILES string of the molecule is COc1nccnc1C(N)Cc1ccncc1. The van der Waals surface area contributed by atoms with E-state index in [-0.39, 0.29) is 6.04 Å². The quantitative estimate of drug-likeness (QED) is 0.852. The molecule has 0 spiro atoms. The molecule has 0 aromatic carbocycles. The molecule has 88 valence electrons. The molecule has 17 heavy (non-hydrogen) atoms. The van der Waals surface area contributed by atoms with Crippen LogP contribution in [-0.2, 0) is 6.42 Å². The zero-order chi connectivity index (χ0) is 12.1. The van der Waals surface area contributed by atoms with Crippen LogP contribution in [-0.4, -0.2) is 22.1 Å². The van der Waals surface area contributed by atoms with Crippen molar-refractivity contribution in [3.63, 3.8) is 0 Å². The van der Waals surface area contributed by atoms with Gasteiger partial charge in [0.1, 0.15) is 5.69 Å². The van der Waals surface area contributed by atoms with Crippen LogP contribution in [0.3, 0.4) is 0 Å².